The maximum atomic E-state index is 13.1. The molecule has 0 aromatic heterocycles. The SMILES string of the molecule is CN1CCN(c2ccc(NC(=O)C3(c4ccc(C(C)(C)C)cc4)CC3)cc2)CC1. The predicted octanol–water partition coefficient (Wildman–Crippen LogP) is 4.41. The molecule has 1 heterocycles. The first-order valence-corrected chi connectivity index (χ1v) is 10.7. The van der Waals surface area contributed by atoms with Crippen LogP contribution in [0.5, 0.6) is 0 Å². The van der Waals surface area contributed by atoms with Crippen molar-refractivity contribution >= 4 is 17.3 Å². The smallest absolute Gasteiger partial charge is 0.235 e. The maximum Gasteiger partial charge on any atom is 0.235 e. The van der Waals surface area contributed by atoms with Crippen LogP contribution in [0.2, 0.25) is 0 Å². The van der Waals surface area contributed by atoms with Crippen LogP contribution in [0.3, 0.4) is 0 Å². The third kappa shape index (κ3) is 4.18. The fraction of sp³-hybridized carbons (Fsp3) is 0.480. The Kier molecular flexibility index (Phi) is 5.16. The molecule has 1 N–H and O–H groups in total. The second-order valence-corrected chi connectivity index (χ2v) is 9.70. The van der Waals surface area contributed by atoms with E-state index in [0.717, 1.165) is 50.3 Å². The Hall–Kier alpha value is -2.33. The average Bonchev–Trinajstić information content (AvgIpc) is 3.51. The van der Waals surface area contributed by atoms with Crippen LogP contribution < -0.4 is 10.2 Å². The zero-order valence-electron chi connectivity index (χ0n) is 18.2. The molecule has 29 heavy (non-hydrogen) atoms. The molecule has 1 saturated carbocycles. The molecule has 1 aliphatic heterocycles. The molecular weight excluding hydrogens is 358 g/mol. The molecule has 2 aromatic carbocycles. The summed E-state index contributed by atoms with van der Waals surface area (Å²) in [7, 11) is 2.17. The summed E-state index contributed by atoms with van der Waals surface area (Å²) in [6.07, 6.45) is 1.85. The van der Waals surface area contributed by atoms with Gasteiger partial charge in [0.2, 0.25) is 5.91 Å². The van der Waals surface area contributed by atoms with Gasteiger partial charge in [0.1, 0.15) is 0 Å². The number of hydrogen-bond donors (Lipinski definition) is 1. The number of rotatable bonds is 4. The molecule has 1 amide bonds. The number of hydrogen-bond acceptors (Lipinski definition) is 3. The molecule has 0 bridgehead atoms. The fourth-order valence-corrected chi connectivity index (χ4v) is 4.13. The van der Waals surface area contributed by atoms with Crippen molar-refractivity contribution in [1.29, 1.82) is 0 Å². The first kappa shape index (κ1) is 20.0. The van der Waals surface area contributed by atoms with Crippen molar-refractivity contribution in [2.75, 3.05) is 43.4 Å². The van der Waals surface area contributed by atoms with Gasteiger partial charge in [-0.15, -0.1) is 0 Å². The first-order valence-electron chi connectivity index (χ1n) is 10.7. The van der Waals surface area contributed by atoms with Gasteiger partial charge < -0.3 is 15.1 Å². The first-order chi connectivity index (χ1) is 13.8. The van der Waals surface area contributed by atoms with Gasteiger partial charge in [0.05, 0.1) is 5.41 Å². The molecule has 0 radical (unpaired) electrons. The summed E-state index contributed by atoms with van der Waals surface area (Å²) in [5.41, 5.74) is 4.32. The topological polar surface area (TPSA) is 35.6 Å². The molecule has 2 aliphatic rings. The number of nitrogens with one attached hydrogen (secondary N) is 1. The van der Waals surface area contributed by atoms with E-state index in [1.54, 1.807) is 0 Å². The summed E-state index contributed by atoms with van der Waals surface area (Å²) >= 11 is 0. The second-order valence-electron chi connectivity index (χ2n) is 9.70. The summed E-state index contributed by atoms with van der Waals surface area (Å²) in [5, 5.41) is 3.16. The second kappa shape index (κ2) is 7.49. The number of carbonyl (C=O) groups excluding carboxylic acids is 1. The number of benzene rings is 2. The Labute approximate surface area is 174 Å². The summed E-state index contributed by atoms with van der Waals surface area (Å²) in [4.78, 5) is 17.8. The third-order valence-corrected chi connectivity index (χ3v) is 6.48. The summed E-state index contributed by atoms with van der Waals surface area (Å²) < 4.78 is 0. The Bertz CT molecular complexity index is 852. The Morgan fingerprint density at radius 2 is 1.48 bits per heavy atom. The molecule has 4 nitrogen and oxygen atoms in total. The van der Waals surface area contributed by atoms with E-state index in [4.69, 9.17) is 0 Å². The Balaban J connectivity index is 1.42. The van der Waals surface area contributed by atoms with Crippen LogP contribution in [0.25, 0.3) is 0 Å². The Morgan fingerprint density at radius 1 is 0.897 bits per heavy atom. The van der Waals surface area contributed by atoms with Gasteiger partial charge in [-0.05, 0) is 60.7 Å². The summed E-state index contributed by atoms with van der Waals surface area (Å²) in [6, 6.07) is 16.9. The minimum atomic E-state index is -0.355. The van der Waals surface area contributed by atoms with Gasteiger partial charge in [0.25, 0.3) is 0 Å². The highest BCUT2D eigenvalue weighted by atomic mass is 16.2. The lowest BCUT2D eigenvalue weighted by Gasteiger charge is -2.34. The largest absolute Gasteiger partial charge is 0.369 e. The van der Waals surface area contributed by atoms with Crippen molar-refractivity contribution < 1.29 is 4.79 Å². The summed E-state index contributed by atoms with van der Waals surface area (Å²) in [5.74, 6) is 0.119. The quantitative estimate of drug-likeness (QED) is 0.839. The van der Waals surface area contributed by atoms with Gasteiger partial charge in [0, 0.05) is 37.6 Å². The molecular formula is C25H33N3O. The maximum absolute atomic E-state index is 13.1. The van der Waals surface area contributed by atoms with Gasteiger partial charge in [0.15, 0.2) is 0 Å². The normalized spacial score (nSPS) is 19.1. The van der Waals surface area contributed by atoms with Crippen molar-refractivity contribution in [2.24, 2.45) is 0 Å². The van der Waals surface area contributed by atoms with Gasteiger partial charge in [-0.25, -0.2) is 0 Å². The van der Waals surface area contributed by atoms with Gasteiger partial charge in [-0.2, -0.15) is 0 Å². The van der Waals surface area contributed by atoms with Crippen LogP contribution >= 0.6 is 0 Å². The fourth-order valence-electron chi connectivity index (χ4n) is 4.13. The number of likely N-dealkylation sites (N-methyl/N-ethyl adjacent to an activating group) is 1. The zero-order chi connectivity index (χ0) is 20.6. The lowest BCUT2D eigenvalue weighted by Crippen LogP contribution is -2.44. The van der Waals surface area contributed by atoms with Crippen LogP contribution in [-0.2, 0) is 15.6 Å². The lowest BCUT2D eigenvalue weighted by molar-refractivity contribution is -0.118. The predicted molar refractivity (Wildman–Crippen MR) is 121 cm³/mol. The van der Waals surface area contributed by atoms with Crippen molar-refractivity contribution in [2.45, 2.75) is 44.4 Å². The van der Waals surface area contributed by atoms with Crippen LogP contribution in [0.15, 0.2) is 48.5 Å². The molecule has 0 atom stereocenters. The van der Waals surface area contributed by atoms with Gasteiger partial charge in [-0.3, -0.25) is 4.79 Å². The van der Waals surface area contributed by atoms with Crippen LogP contribution in [0.1, 0.15) is 44.7 Å². The molecule has 0 unspecified atom stereocenters. The van der Waals surface area contributed by atoms with E-state index in [1.807, 2.05) is 12.1 Å². The zero-order valence-corrected chi connectivity index (χ0v) is 18.2. The standard InChI is InChI=1S/C25H33N3O/c1-24(2,3)19-5-7-20(8-6-19)25(13-14-25)23(29)26-21-9-11-22(12-10-21)28-17-15-27(4)16-18-28/h5-12H,13-18H2,1-4H3,(H,26,29). The van der Waals surface area contributed by atoms with Crippen LogP contribution in [0.4, 0.5) is 11.4 Å². The number of carbonyl (C=O) groups is 1. The highest BCUT2D eigenvalue weighted by molar-refractivity contribution is 6.01. The van der Waals surface area contributed by atoms with E-state index in [2.05, 4.69) is 79.3 Å². The van der Waals surface area contributed by atoms with E-state index >= 15 is 0 Å². The molecule has 1 saturated heterocycles. The number of amides is 1. The van der Waals surface area contributed by atoms with E-state index in [1.165, 1.54) is 11.3 Å². The molecule has 1 aliphatic carbocycles. The average molecular weight is 392 g/mol. The minimum absolute atomic E-state index is 0.119. The number of anilines is 2. The molecule has 4 rings (SSSR count). The number of nitrogens with zero attached hydrogens (tertiary/aromatic N) is 2. The minimum Gasteiger partial charge on any atom is -0.369 e. The molecule has 0 spiro atoms. The molecule has 4 heteroatoms. The van der Waals surface area contributed by atoms with E-state index < -0.39 is 0 Å². The van der Waals surface area contributed by atoms with E-state index in [9.17, 15) is 4.79 Å². The highest BCUT2D eigenvalue weighted by Crippen LogP contribution is 2.49. The Morgan fingerprint density at radius 3 is 2.00 bits per heavy atom. The van der Waals surface area contributed by atoms with Gasteiger partial charge in [-0.1, -0.05) is 45.0 Å². The van der Waals surface area contributed by atoms with Crippen LogP contribution in [-0.4, -0.2) is 44.0 Å². The molecule has 2 aromatic rings. The highest BCUT2D eigenvalue weighted by Gasteiger charge is 2.51. The summed E-state index contributed by atoms with van der Waals surface area (Å²) in [6.45, 7) is 10.9. The van der Waals surface area contributed by atoms with Crippen molar-refractivity contribution in [3.05, 3.63) is 59.7 Å². The van der Waals surface area contributed by atoms with Crippen molar-refractivity contribution in [1.82, 2.24) is 4.90 Å². The molecule has 2 fully saturated rings. The van der Waals surface area contributed by atoms with Crippen molar-refractivity contribution in [3.8, 4) is 0 Å². The van der Waals surface area contributed by atoms with Crippen LogP contribution in [0, 0.1) is 0 Å². The van der Waals surface area contributed by atoms with E-state index in [0.29, 0.717) is 0 Å². The lowest BCUT2D eigenvalue weighted by atomic mass is 9.85. The third-order valence-electron chi connectivity index (χ3n) is 6.48. The number of piperazine rings is 1. The van der Waals surface area contributed by atoms with E-state index in [-0.39, 0.29) is 16.7 Å². The van der Waals surface area contributed by atoms with Crippen molar-refractivity contribution in [3.63, 3.8) is 0 Å². The van der Waals surface area contributed by atoms with Gasteiger partial charge >= 0.3 is 0 Å². The monoisotopic (exact) mass is 391 g/mol. The molecule has 154 valence electrons.